The van der Waals surface area contributed by atoms with E-state index < -0.39 is 0 Å². The molecule has 2 rings (SSSR count). The van der Waals surface area contributed by atoms with Crippen LogP contribution in [0.25, 0.3) is 0 Å². The molecule has 0 spiro atoms. The lowest BCUT2D eigenvalue weighted by molar-refractivity contribution is 0.0954. The molecule has 0 radical (unpaired) electrons. The van der Waals surface area contributed by atoms with Gasteiger partial charge in [0, 0.05) is 8.59 Å². The predicted octanol–water partition coefficient (Wildman–Crippen LogP) is 3.71. The lowest BCUT2D eigenvalue weighted by atomic mass is 10.2. The zero-order valence-corrected chi connectivity index (χ0v) is 12.7. The summed E-state index contributed by atoms with van der Waals surface area (Å²) < 4.78 is 0.888. The smallest absolute Gasteiger partial charge is 0.267 e. The molecule has 0 saturated heterocycles. The van der Waals surface area contributed by atoms with Crippen LogP contribution in [-0.2, 0) is 0 Å². The average Bonchev–Trinajstić information content (AvgIpc) is 2.41. The maximum atomic E-state index is 11.9. The van der Waals surface area contributed by atoms with Crippen LogP contribution in [0.15, 0.2) is 53.6 Å². The van der Waals surface area contributed by atoms with Gasteiger partial charge in [0.15, 0.2) is 0 Å². The zero-order valence-electron chi connectivity index (χ0n) is 9.81. The van der Waals surface area contributed by atoms with Gasteiger partial charge in [-0.2, -0.15) is 5.10 Å². The molecule has 0 bridgehead atoms. The van der Waals surface area contributed by atoms with Crippen LogP contribution in [0.1, 0.15) is 15.9 Å². The minimum atomic E-state index is -0.227. The van der Waals surface area contributed by atoms with Crippen molar-refractivity contribution in [3.63, 3.8) is 0 Å². The molecule has 0 aliphatic heterocycles. The molecule has 5 heteroatoms. The summed E-state index contributed by atoms with van der Waals surface area (Å²) in [6, 6.07) is 14.5. The number of amides is 1. The van der Waals surface area contributed by atoms with Gasteiger partial charge in [0.2, 0.25) is 0 Å². The Hall–Kier alpha value is -1.40. The van der Waals surface area contributed by atoms with E-state index in [1.54, 1.807) is 24.4 Å². The van der Waals surface area contributed by atoms with Crippen LogP contribution in [0.5, 0.6) is 0 Å². The fourth-order valence-corrected chi connectivity index (χ4v) is 2.18. The van der Waals surface area contributed by atoms with Crippen LogP contribution in [0.3, 0.4) is 0 Å². The molecule has 96 valence electrons. The Balaban J connectivity index is 2.01. The molecule has 1 amide bonds. The fourth-order valence-electron chi connectivity index (χ4n) is 1.42. The molecule has 0 aliphatic rings. The molecule has 0 aromatic heterocycles. The van der Waals surface area contributed by atoms with E-state index in [0.29, 0.717) is 10.6 Å². The lowest BCUT2D eigenvalue weighted by Crippen LogP contribution is -2.18. The number of hydrogen-bond donors (Lipinski definition) is 1. The monoisotopic (exact) mass is 384 g/mol. The second-order valence-electron chi connectivity index (χ2n) is 3.73. The number of halogens is 2. The van der Waals surface area contributed by atoms with Gasteiger partial charge in [0.25, 0.3) is 5.91 Å². The Bertz CT molecular complexity index is 611. The van der Waals surface area contributed by atoms with Crippen LogP contribution in [0.2, 0.25) is 5.02 Å². The molecule has 0 saturated carbocycles. The van der Waals surface area contributed by atoms with E-state index in [1.165, 1.54) is 0 Å². The van der Waals surface area contributed by atoms with Crippen molar-refractivity contribution in [2.45, 2.75) is 0 Å². The number of nitrogens with zero attached hydrogens (tertiary/aromatic N) is 1. The Morgan fingerprint density at radius 3 is 2.53 bits per heavy atom. The van der Waals surface area contributed by atoms with Crippen molar-refractivity contribution in [2.75, 3.05) is 0 Å². The lowest BCUT2D eigenvalue weighted by Gasteiger charge is -2.01. The second-order valence-corrected chi connectivity index (χ2v) is 5.33. The molecule has 0 fully saturated rings. The van der Waals surface area contributed by atoms with E-state index in [1.807, 2.05) is 30.3 Å². The third-order valence-electron chi connectivity index (χ3n) is 2.37. The first-order chi connectivity index (χ1) is 9.16. The van der Waals surface area contributed by atoms with E-state index in [2.05, 4.69) is 33.1 Å². The van der Waals surface area contributed by atoms with E-state index in [9.17, 15) is 4.79 Å². The molecule has 0 heterocycles. The van der Waals surface area contributed by atoms with Crippen molar-refractivity contribution < 1.29 is 4.79 Å². The topological polar surface area (TPSA) is 41.5 Å². The molecule has 2 aromatic rings. The van der Waals surface area contributed by atoms with E-state index in [4.69, 9.17) is 11.6 Å². The van der Waals surface area contributed by atoms with Gasteiger partial charge in [-0.15, -0.1) is 0 Å². The second kappa shape index (κ2) is 6.68. The third-order valence-corrected chi connectivity index (χ3v) is 3.56. The van der Waals surface area contributed by atoms with Gasteiger partial charge >= 0.3 is 0 Å². The molecule has 3 nitrogen and oxygen atoms in total. The highest BCUT2D eigenvalue weighted by atomic mass is 127. The van der Waals surface area contributed by atoms with Crippen molar-refractivity contribution in [1.82, 2.24) is 5.43 Å². The summed E-state index contributed by atoms with van der Waals surface area (Å²) in [6.07, 6.45) is 1.57. The molecular formula is C14H10ClIN2O. The Kier molecular flexibility index (Phi) is 4.93. The highest BCUT2D eigenvalue weighted by molar-refractivity contribution is 14.1. The average molecular weight is 385 g/mol. The third kappa shape index (κ3) is 4.04. The van der Waals surface area contributed by atoms with Crippen LogP contribution >= 0.6 is 34.2 Å². The minimum Gasteiger partial charge on any atom is -0.267 e. The van der Waals surface area contributed by atoms with Gasteiger partial charge in [-0.05, 0) is 52.4 Å². The van der Waals surface area contributed by atoms with Crippen molar-refractivity contribution in [1.29, 1.82) is 0 Å². The maximum absolute atomic E-state index is 11.9. The van der Waals surface area contributed by atoms with Gasteiger partial charge < -0.3 is 0 Å². The summed E-state index contributed by atoms with van der Waals surface area (Å²) in [4.78, 5) is 11.9. The number of benzene rings is 2. The quantitative estimate of drug-likeness (QED) is 0.489. The van der Waals surface area contributed by atoms with E-state index in [-0.39, 0.29) is 5.91 Å². The number of carbonyl (C=O) groups excluding carboxylic acids is 1. The fraction of sp³-hybridized carbons (Fsp3) is 0. The normalized spacial score (nSPS) is 10.6. The van der Waals surface area contributed by atoms with Gasteiger partial charge in [-0.3, -0.25) is 4.79 Å². The van der Waals surface area contributed by atoms with Crippen molar-refractivity contribution in [2.24, 2.45) is 5.10 Å². The van der Waals surface area contributed by atoms with Crippen molar-refractivity contribution >= 4 is 46.3 Å². The van der Waals surface area contributed by atoms with Crippen molar-refractivity contribution in [3.05, 3.63) is 68.3 Å². The Morgan fingerprint density at radius 1 is 1.16 bits per heavy atom. The van der Waals surface area contributed by atoms with Gasteiger partial charge in [-0.1, -0.05) is 35.9 Å². The van der Waals surface area contributed by atoms with Gasteiger partial charge in [0.05, 0.1) is 11.8 Å². The standard InChI is InChI=1S/C14H10ClIN2O/c15-11-7-5-10(6-8-11)9-17-18-14(19)12-3-1-2-4-13(12)16/h1-9H,(H,18,19). The van der Waals surface area contributed by atoms with Crippen LogP contribution in [0, 0.1) is 3.57 Å². The molecule has 19 heavy (non-hydrogen) atoms. The molecule has 0 atom stereocenters. The summed E-state index contributed by atoms with van der Waals surface area (Å²) >= 11 is 7.89. The number of nitrogens with one attached hydrogen (secondary N) is 1. The summed E-state index contributed by atoms with van der Waals surface area (Å²) in [5.41, 5.74) is 3.97. The molecule has 2 aromatic carbocycles. The highest BCUT2D eigenvalue weighted by Crippen LogP contribution is 2.11. The SMILES string of the molecule is O=C(NN=Cc1ccc(Cl)cc1)c1ccccc1I. The number of hydrogen-bond acceptors (Lipinski definition) is 2. The van der Waals surface area contributed by atoms with Crippen LogP contribution < -0.4 is 5.43 Å². The first-order valence-electron chi connectivity index (χ1n) is 5.50. The highest BCUT2D eigenvalue weighted by Gasteiger charge is 2.07. The summed E-state index contributed by atoms with van der Waals surface area (Å²) in [7, 11) is 0. The Morgan fingerprint density at radius 2 is 1.84 bits per heavy atom. The first kappa shape index (κ1) is 14.0. The predicted molar refractivity (Wildman–Crippen MR) is 85.7 cm³/mol. The number of hydrazone groups is 1. The summed E-state index contributed by atoms with van der Waals surface area (Å²) in [5.74, 6) is -0.227. The van der Waals surface area contributed by atoms with E-state index in [0.717, 1.165) is 9.13 Å². The Labute approximate surface area is 129 Å². The van der Waals surface area contributed by atoms with Crippen LogP contribution in [-0.4, -0.2) is 12.1 Å². The largest absolute Gasteiger partial charge is 0.272 e. The first-order valence-corrected chi connectivity index (χ1v) is 6.96. The minimum absolute atomic E-state index is 0.227. The van der Waals surface area contributed by atoms with Gasteiger partial charge in [-0.25, -0.2) is 5.43 Å². The molecular weight excluding hydrogens is 375 g/mol. The molecule has 0 aliphatic carbocycles. The summed E-state index contributed by atoms with van der Waals surface area (Å²) in [6.45, 7) is 0. The summed E-state index contributed by atoms with van der Waals surface area (Å²) in [5, 5.41) is 4.58. The number of rotatable bonds is 3. The molecule has 1 N–H and O–H groups in total. The van der Waals surface area contributed by atoms with Crippen molar-refractivity contribution in [3.8, 4) is 0 Å². The maximum Gasteiger partial charge on any atom is 0.272 e. The molecule has 0 unspecified atom stereocenters. The van der Waals surface area contributed by atoms with E-state index >= 15 is 0 Å². The zero-order chi connectivity index (χ0) is 13.7. The van der Waals surface area contributed by atoms with Crippen LogP contribution in [0.4, 0.5) is 0 Å². The van der Waals surface area contributed by atoms with Gasteiger partial charge in [0.1, 0.15) is 0 Å². The number of carbonyl (C=O) groups is 1.